The molecule has 4 nitrogen and oxygen atoms in total. The van der Waals surface area contributed by atoms with Gasteiger partial charge in [-0.15, -0.1) is 0 Å². The van der Waals surface area contributed by atoms with Gasteiger partial charge < -0.3 is 15.7 Å². The van der Waals surface area contributed by atoms with Gasteiger partial charge >= 0.3 is 6.18 Å². The van der Waals surface area contributed by atoms with Crippen molar-refractivity contribution in [3.05, 3.63) is 23.8 Å². The molecule has 0 heterocycles. The molecule has 1 aromatic rings. The van der Waals surface area contributed by atoms with E-state index in [1.54, 1.807) is 13.8 Å². The number of carbonyl (C=O) groups is 1. The third-order valence-electron chi connectivity index (χ3n) is 3.29. The maximum Gasteiger partial charge on any atom is 0.406 e. The first-order valence-corrected chi connectivity index (χ1v) is 6.66. The van der Waals surface area contributed by atoms with E-state index in [2.05, 4.69) is 0 Å². The Labute approximate surface area is 121 Å². The van der Waals surface area contributed by atoms with Crippen LogP contribution in [0.2, 0.25) is 0 Å². The molecule has 0 fully saturated rings. The van der Waals surface area contributed by atoms with Crippen molar-refractivity contribution in [1.82, 2.24) is 4.90 Å². The molecule has 0 bridgehead atoms. The van der Waals surface area contributed by atoms with Crippen LogP contribution >= 0.6 is 0 Å². The molecular weight excluding hydrogens is 285 g/mol. The van der Waals surface area contributed by atoms with E-state index in [0.717, 1.165) is 4.90 Å². The molecule has 0 saturated carbocycles. The molecule has 0 radical (unpaired) electrons. The smallest absolute Gasteiger partial charge is 0.406 e. The number of nitrogen functional groups attached to an aromatic ring is 1. The van der Waals surface area contributed by atoms with E-state index in [9.17, 15) is 23.1 Å². The Morgan fingerprint density at radius 3 is 2.38 bits per heavy atom. The second-order valence-corrected chi connectivity index (χ2v) is 4.76. The number of benzene rings is 1. The highest BCUT2D eigenvalue weighted by atomic mass is 19.4. The molecule has 3 N–H and O–H groups in total. The number of phenolic OH excluding ortho intramolecular Hbond substituents is 1. The lowest BCUT2D eigenvalue weighted by molar-refractivity contribution is -0.144. The van der Waals surface area contributed by atoms with Crippen molar-refractivity contribution in [1.29, 1.82) is 0 Å². The van der Waals surface area contributed by atoms with Crippen molar-refractivity contribution < 1.29 is 23.1 Å². The Hall–Kier alpha value is -1.92. The quantitative estimate of drug-likeness (QED) is 0.648. The van der Waals surface area contributed by atoms with Gasteiger partial charge in [-0.1, -0.05) is 19.9 Å². The summed E-state index contributed by atoms with van der Waals surface area (Å²) in [7, 11) is 0. The normalized spacial score (nSPS) is 11.7. The van der Waals surface area contributed by atoms with Gasteiger partial charge in [0, 0.05) is 6.04 Å². The van der Waals surface area contributed by atoms with Crippen LogP contribution in [0.3, 0.4) is 0 Å². The van der Waals surface area contributed by atoms with Crippen LogP contribution in [-0.4, -0.2) is 34.7 Å². The van der Waals surface area contributed by atoms with Crippen molar-refractivity contribution in [2.24, 2.45) is 0 Å². The molecule has 1 amide bonds. The Balaban J connectivity index is 3.18. The molecule has 118 valence electrons. The lowest BCUT2D eigenvalue weighted by atomic mass is 10.1. The molecule has 7 heteroatoms. The van der Waals surface area contributed by atoms with E-state index in [-0.39, 0.29) is 11.3 Å². The summed E-state index contributed by atoms with van der Waals surface area (Å²) in [5.41, 5.74) is 5.22. The second-order valence-electron chi connectivity index (χ2n) is 4.76. The number of halogens is 3. The van der Waals surface area contributed by atoms with Crippen molar-refractivity contribution in [3.63, 3.8) is 0 Å². The number of aromatic hydroxyl groups is 1. The Kier molecular flexibility index (Phi) is 5.46. The highest BCUT2D eigenvalue weighted by Crippen LogP contribution is 2.28. The maximum absolute atomic E-state index is 12.7. The summed E-state index contributed by atoms with van der Waals surface area (Å²) in [6, 6.07) is 3.50. The molecule has 0 atom stereocenters. The molecule has 0 saturated heterocycles. The summed E-state index contributed by atoms with van der Waals surface area (Å²) in [4.78, 5) is 13.1. The molecule has 0 aliphatic heterocycles. The van der Waals surface area contributed by atoms with Gasteiger partial charge in [-0.3, -0.25) is 4.79 Å². The van der Waals surface area contributed by atoms with Crippen LogP contribution in [0.4, 0.5) is 18.9 Å². The Morgan fingerprint density at radius 1 is 1.33 bits per heavy atom. The van der Waals surface area contributed by atoms with E-state index >= 15 is 0 Å². The lowest BCUT2D eigenvalue weighted by Gasteiger charge is -2.31. The van der Waals surface area contributed by atoms with Crippen LogP contribution in [0.25, 0.3) is 0 Å². The molecule has 0 aromatic heterocycles. The number of para-hydroxylation sites is 1. The molecule has 0 spiro atoms. The Bertz CT molecular complexity index is 499. The summed E-state index contributed by atoms with van der Waals surface area (Å²) < 4.78 is 38.1. The van der Waals surface area contributed by atoms with Gasteiger partial charge in [0.05, 0.1) is 11.3 Å². The molecule has 0 aliphatic rings. The first kappa shape index (κ1) is 17.1. The van der Waals surface area contributed by atoms with Gasteiger partial charge in [0.15, 0.2) is 5.75 Å². The van der Waals surface area contributed by atoms with Gasteiger partial charge in [0.1, 0.15) is 6.54 Å². The van der Waals surface area contributed by atoms with Gasteiger partial charge in [0.25, 0.3) is 5.91 Å². The highest BCUT2D eigenvalue weighted by Gasteiger charge is 2.36. The van der Waals surface area contributed by atoms with Crippen molar-refractivity contribution in [3.8, 4) is 5.75 Å². The summed E-state index contributed by atoms with van der Waals surface area (Å²) in [5, 5.41) is 9.79. The zero-order valence-corrected chi connectivity index (χ0v) is 11.9. The number of alkyl halides is 3. The number of hydrogen-bond donors (Lipinski definition) is 2. The first-order valence-electron chi connectivity index (χ1n) is 6.66. The van der Waals surface area contributed by atoms with Crippen LogP contribution in [0.1, 0.15) is 37.0 Å². The molecule has 0 unspecified atom stereocenters. The Morgan fingerprint density at radius 2 is 1.90 bits per heavy atom. The summed E-state index contributed by atoms with van der Waals surface area (Å²) >= 11 is 0. The standard InChI is InChI=1S/C14H19F3N2O2/c1-3-9(4-2)19(8-14(15,16)17)13(21)10-6-5-7-11(18)12(10)20/h5-7,9,20H,3-4,8,18H2,1-2H3. The largest absolute Gasteiger partial charge is 0.505 e. The minimum atomic E-state index is -4.51. The SMILES string of the molecule is CCC(CC)N(CC(F)(F)F)C(=O)c1cccc(N)c1O. The van der Waals surface area contributed by atoms with E-state index < -0.39 is 30.4 Å². The minimum absolute atomic E-state index is 0.0441. The number of phenols is 1. The summed E-state index contributed by atoms with van der Waals surface area (Å²) in [5.74, 6) is -1.36. The second kappa shape index (κ2) is 6.69. The predicted octanol–water partition coefficient (Wildman–Crippen LogP) is 3.17. The van der Waals surface area contributed by atoms with Crippen LogP contribution in [0.15, 0.2) is 18.2 Å². The number of nitrogens with zero attached hydrogens (tertiary/aromatic N) is 1. The third kappa shape index (κ3) is 4.27. The zero-order valence-electron chi connectivity index (χ0n) is 11.9. The average molecular weight is 304 g/mol. The van der Waals surface area contributed by atoms with E-state index in [1.165, 1.54) is 18.2 Å². The first-order chi connectivity index (χ1) is 9.71. The topological polar surface area (TPSA) is 66.6 Å². The van der Waals surface area contributed by atoms with Crippen molar-refractivity contribution in [2.45, 2.75) is 38.9 Å². The van der Waals surface area contributed by atoms with Crippen molar-refractivity contribution in [2.75, 3.05) is 12.3 Å². The van der Waals surface area contributed by atoms with Crippen LogP contribution < -0.4 is 5.73 Å². The van der Waals surface area contributed by atoms with Crippen molar-refractivity contribution >= 4 is 11.6 Å². The molecule has 1 rings (SSSR count). The number of anilines is 1. The van der Waals surface area contributed by atoms with Crippen LogP contribution in [0.5, 0.6) is 5.75 Å². The highest BCUT2D eigenvalue weighted by molar-refractivity contribution is 5.98. The zero-order chi connectivity index (χ0) is 16.2. The minimum Gasteiger partial charge on any atom is -0.505 e. The third-order valence-corrected chi connectivity index (χ3v) is 3.29. The fourth-order valence-electron chi connectivity index (χ4n) is 2.18. The number of nitrogens with two attached hydrogens (primary N) is 1. The number of hydrogen-bond acceptors (Lipinski definition) is 3. The summed E-state index contributed by atoms with van der Waals surface area (Å²) in [6.07, 6.45) is -3.73. The van der Waals surface area contributed by atoms with E-state index in [1.807, 2.05) is 0 Å². The van der Waals surface area contributed by atoms with Gasteiger partial charge in [0.2, 0.25) is 0 Å². The molecule has 0 aliphatic carbocycles. The lowest BCUT2D eigenvalue weighted by Crippen LogP contribution is -2.45. The van der Waals surface area contributed by atoms with E-state index in [0.29, 0.717) is 12.8 Å². The fraction of sp³-hybridized carbons (Fsp3) is 0.500. The molecule has 21 heavy (non-hydrogen) atoms. The fourth-order valence-corrected chi connectivity index (χ4v) is 2.18. The van der Waals surface area contributed by atoms with Gasteiger partial charge in [-0.2, -0.15) is 13.2 Å². The van der Waals surface area contributed by atoms with E-state index in [4.69, 9.17) is 5.73 Å². The predicted molar refractivity (Wildman–Crippen MR) is 74.0 cm³/mol. The monoisotopic (exact) mass is 304 g/mol. The number of rotatable bonds is 5. The number of amides is 1. The number of carbonyl (C=O) groups excluding carboxylic acids is 1. The van der Waals surface area contributed by atoms with Crippen LogP contribution in [-0.2, 0) is 0 Å². The van der Waals surface area contributed by atoms with Crippen LogP contribution in [0, 0.1) is 0 Å². The van der Waals surface area contributed by atoms with Gasteiger partial charge in [-0.25, -0.2) is 0 Å². The van der Waals surface area contributed by atoms with Gasteiger partial charge in [-0.05, 0) is 25.0 Å². The molecule has 1 aromatic carbocycles. The summed E-state index contributed by atoms with van der Waals surface area (Å²) in [6.45, 7) is 2.07. The maximum atomic E-state index is 12.7. The average Bonchev–Trinajstić information content (AvgIpc) is 2.40. The molecular formula is C14H19F3N2O2.